The summed E-state index contributed by atoms with van der Waals surface area (Å²) in [6.07, 6.45) is 0.653. The van der Waals surface area contributed by atoms with E-state index in [9.17, 15) is 9.18 Å². The minimum absolute atomic E-state index is 0.165. The zero-order valence-electron chi connectivity index (χ0n) is 20.3. The Labute approximate surface area is 205 Å². The lowest BCUT2D eigenvalue weighted by atomic mass is 10.0. The van der Waals surface area contributed by atoms with Gasteiger partial charge in [-0.1, -0.05) is 24.3 Å². The molecule has 1 fully saturated rings. The molecule has 2 aromatic carbocycles. The molecule has 0 unspecified atom stereocenters. The number of fused-ring (bicyclic) bond motifs is 1. The lowest BCUT2D eigenvalue weighted by Crippen LogP contribution is -2.47. The van der Waals surface area contributed by atoms with Crippen LogP contribution in [0, 0.1) is 5.82 Å². The van der Waals surface area contributed by atoms with Gasteiger partial charge in [-0.05, 0) is 37.3 Å². The third kappa shape index (κ3) is 4.78. The van der Waals surface area contributed by atoms with Gasteiger partial charge in [0.2, 0.25) is 5.95 Å². The zero-order valence-corrected chi connectivity index (χ0v) is 20.3. The first kappa shape index (κ1) is 23.1. The van der Waals surface area contributed by atoms with Crippen LogP contribution in [0.1, 0.15) is 28.5 Å². The highest BCUT2D eigenvalue weighted by molar-refractivity contribution is 5.94. The first-order valence-corrected chi connectivity index (χ1v) is 12.2. The maximum atomic E-state index is 13.7. The summed E-state index contributed by atoms with van der Waals surface area (Å²) >= 11 is 0. The highest BCUT2D eigenvalue weighted by Crippen LogP contribution is 2.30. The van der Waals surface area contributed by atoms with Crippen LogP contribution in [0.25, 0.3) is 0 Å². The molecule has 3 aromatic rings. The van der Waals surface area contributed by atoms with E-state index < -0.39 is 5.82 Å². The standard InChI is InChI=1S/C27H31FN6O/c1-3-31(2)25-23-19-34(26(35)20-8-7-9-21(28)18-20)13-12-24(23)29-27(30-25)33-16-14-32(15-17-33)22-10-5-4-6-11-22/h4-11,18H,3,12-17,19H2,1-2H3. The monoisotopic (exact) mass is 474 g/mol. The van der Waals surface area contributed by atoms with Crippen molar-refractivity contribution in [3.05, 3.63) is 77.2 Å². The van der Waals surface area contributed by atoms with Gasteiger partial charge in [0.15, 0.2) is 0 Å². The van der Waals surface area contributed by atoms with Gasteiger partial charge in [-0.15, -0.1) is 0 Å². The van der Waals surface area contributed by atoms with Gasteiger partial charge in [0.1, 0.15) is 11.6 Å². The second kappa shape index (κ2) is 9.90. The molecule has 0 bridgehead atoms. The Morgan fingerprint density at radius 2 is 1.71 bits per heavy atom. The number of halogens is 1. The molecule has 1 amide bonds. The summed E-state index contributed by atoms with van der Waals surface area (Å²) in [5.74, 6) is 1.06. The highest BCUT2D eigenvalue weighted by Gasteiger charge is 2.29. The van der Waals surface area contributed by atoms with Gasteiger partial charge < -0.3 is 19.6 Å². The van der Waals surface area contributed by atoms with Gasteiger partial charge in [0.25, 0.3) is 5.91 Å². The van der Waals surface area contributed by atoms with Crippen molar-refractivity contribution in [2.24, 2.45) is 0 Å². The summed E-state index contributed by atoms with van der Waals surface area (Å²) in [6.45, 7) is 7.40. The van der Waals surface area contributed by atoms with Crippen LogP contribution in [0.4, 0.5) is 21.8 Å². The maximum absolute atomic E-state index is 13.7. The van der Waals surface area contributed by atoms with Gasteiger partial charge in [-0.3, -0.25) is 4.79 Å². The third-order valence-electron chi connectivity index (χ3n) is 6.91. The summed E-state index contributed by atoms with van der Waals surface area (Å²) in [5, 5.41) is 0. The molecule has 0 radical (unpaired) electrons. The molecule has 5 rings (SSSR count). The first-order chi connectivity index (χ1) is 17.0. The highest BCUT2D eigenvalue weighted by atomic mass is 19.1. The average molecular weight is 475 g/mol. The van der Waals surface area contributed by atoms with Crippen LogP contribution in [-0.4, -0.2) is 67.1 Å². The molecule has 182 valence electrons. The van der Waals surface area contributed by atoms with E-state index in [2.05, 4.69) is 45.9 Å². The number of carbonyl (C=O) groups is 1. The second-order valence-electron chi connectivity index (χ2n) is 9.08. The SMILES string of the molecule is CCN(C)c1nc(N2CCN(c3ccccc3)CC2)nc2c1CN(C(=O)c1cccc(F)c1)CC2. The molecule has 0 N–H and O–H groups in total. The fraction of sp³-hybridized carbons (Fsp3) is 0.370. The molecular formula is C27H31FN6O. The fourth-order valence-corrected chi connectivity index (χ4v) is 4.77. The molecule has 7 nitrogen and oxygen atoms in total. The average Bonchev–Trinajstić information content (AvgIpc) is 2.92. The molecule has 0 saturated carbocycles. The molecule has 35 heavy (non-hydrogen) atoms. The number of nitrogens with zero attached hydrogens (tertiary/aromatic N) is 6. The van der Waals surface area contributed by atoms with Crippen molar-refractivity contribution in [1.29, 1.82) is 0 Å². The molecule has 2 aliphatic rings. The van der Waals surface area contributed by atoms with Crippen LogP contribution >= 0.6 is 0 Å². The van der Waals surface area contributed by atoms with E-state index >= 15 is 0 Å². The van der Waals surface area contributed by atoms with Gasteiger partial charge >= 0.3 is 0 Å². The van der Waals surface area contributed by atoms with Crippen molar-refractivity contribution in [2.45, 2.75) is 19.9 Å². The minimum atomic E-state index is -0.403. The van der Waals surface area contributed by atoms with E-state index in [1.54, 1.807) is 17.0 Å². The summed E-state index contributed by atoms with van der Waals surface area (Å²) in [5.41, 5.74) is 3.59. The van der Waals surface area contributed by atoms with Gasteiger partial charge in [0, 0.05) is 69.6 Å². The number of rotatable bonds is 5. The Morgan fingerprint density at radius 3 is 2.43 bits per heavy atom. The molecule has 2 aliphatic heterocycles. The molecule has 1 saturated heterocycles. The third-order valence-corrected chi connectivity index (χ3v) is 6.91. The lowest BCUT2D eigenvalue weighted by Gasteiger charge is -2.37. The Kier molecular flexibility index (Phi) is 6.53. The van der Waals surface area contributed by atoms with Crippen LogP contribution in [0.3, 0.4) is 0 Å². The smallest absolute Gasteiger partial charge is 0.254 e. The van der Waals surface area contributed by atoms with Crippen LogP contribution in [0.2, 0.25) is 0 Å². The van der Waals surface area contributed by atoms with Gasteiger partial charge in [-0.2, -0.15) is 4.98 Å². The van der Waals surface area contributed by atoms with Crippen molar-refractivity contribution in [1.82, 2.24) is 14.9 Å². The molecule has 0 spiro atoms. The molecular weight excluding hydrogens is 443 g/mol. The van der Waals surface area contributed by atoms with Gasteiger partial charge in [0.05, 0.1) is 12.2 Å². The molecule has 3 heterocycles. The summed E-state index contributed by atoms with van der Waals surface area (Å²) in [7, 11) is 2.02. The first-order valence-electron chi connectivity index (χ1n) is 12.2. The van der Waals surface area contributed by atoms with Gasteiger partial charge in [-0.25, -0.2) is 9.37 Å². The van der Waals surface area contributed by atoms with Crippen molar-refractivity contribution < 1.29 is 9.18 Å². The Morgan fingerprint density at radius 1 is 0.971 bits per heavy atom. The van der Waals surface area contributed by atoms with Crippen LogP contribution in [0.15, 0.2) is 54.6 Å². The Hall–Kier alpha value is -3.68. The quantitative estimate of drug-likeness (QED) is 0.563. The van der Waals surface area contributed by atoms with E-state index in [1.807, 2.05) is 13.1 Å². The Bertz CT molecular complexity index is 1200. The molecule has 1 aromatic heterocycles. The summed E-state index contributed by atoms with van der Waals surface area (Å²) in [4.78, 5) is 31.5. The fourth-order valence-electron chi connectivity index (χ4n) is 4.77. The number of para-hydroxylation sites is 1. The number of piperazine rings is 1. The summed E-state index contributed by atoms with van der Waals surface area (Å²) in [6, 6.07) is 16.4. The van der Waals surface area contributed by atoms with Crippen LogP contribution in [0.5, 0.6) is 0 Å². The normalized spacial score (nSPS) is 15.7. The number of hydrogen-bond donors (Lipinski definition) is 0. The van der Waals surface area contributed by atoms with E-state index in [-0.39, 0.29) is 5.91 Å². The number of hydrogen-bond acceptors (Lipinski definition) is 6. The zero-order chi connectivity index (χ0) is 24.4. The van der Waals surface area contributed by atoms with Crippen molar-refractivity contribution in [2.75, 3.05) is 61.0 Å². The van der Waals surface area contributed by atoms with E-state index in [4.69, 9.17) is 9.97 Å². The largest absolute Gasteiger partial charge is 0.368 e. The summed E-state index contributed by atoms with van der Waals surface area (Å²) < 4.78 is 13.7. The maximum Gasteiger partial charge on any atom is 0.254 e. The molecule has 0 atom stereocenters. The topological polar surface area (TPSA) is 55.8 Å². The number of anilines is 3. The van der Waals surface area contributed by atoms with Crippen molar-refractivity contribution >= 4 is 23.4 Å². The van der Waals surface area contributed by atoms with E-state index in [0.29, 0.717) is 25.1 Å². The molecule has 8 heteroatoms. The Balaban J connectivity index is 1.37. The number of amides is 1. The van der Waals surface area contributed by atoms with E-state index in [1.165, 1.54) is 17.8 Å². The molecule has 0 aliphatic carbocycles. The number of benzene rings is 2. The lowest BCUT2D eigenvalue weighted by molar-refractivity contribution is 0.0733. The van der Waals surface area contributed by atoms with Crippen LogP contribution in [-0.2, 0) is 13.0 Å². The number of carbonyl (C=O) groups excluding carboxylic acids is 1. The van der Waals surface area contributed by atoms with E-state index in [0.717, 1.165) is 55.7 Å². The second-order valence-corrected chi connectivity index (χ2v) is 9.08. The van der Waals surface area contributed by atoms with Crippen LogP contribution < -0.4 is 14.7 Å². The predicted molar refractivity (Wildman–Crippen MR) is 137 cm³/mol. The van der Waals surface area contributed by atoms with Crippen molar-refractivity contribution in [3.8, 4) is 0 Å². The minimum Gasteiger partial charge on any atom is -0.368 e. The predicted octanol–water partition coefficient (Wildman–Crippen LogP) is 3.60. The number of aromatic nitrogens is 2. The van der Waals surface area contributed by atoms with Crippen molar-refractivity contribution in [3.63, 3.8) is 0 Å².